The number of halogens is 2. The molecule has 0 bridgehead atoms. The van der Waals surface area contributed by atoms with Gasteiger partial charge in [-0.2, -0.15) is 0 Å². The molecule has 150 valence electrons. The average molecular weight is 433 g/mol. The molecule has 0 aromatic carbocycles. The minimum Gasteiger partial charge on any atom is -0.393 e. The van der Waals surface area contributed by atoms with Crippen molar-refractivity contribution in [1.82, 2.24) is 14.5 Å². The first kappa shape index (κ1) is 19.8. The van der Waals surface area contributed by atoms with E-state index in [1.165, 1.54) is 12.4 Å². The Morgan fingerprint density at radius 2 is 1.86 bits per heavy atom. The van der Waals surface area contributed by atoms with E-state index >= 15 is 0 Å². The van der Waals surface area contributed by atoms with Crippen LogP contribution >= 0.6 is 23.2 Å². The normalized spacial score (nSPS) is 19.3. The Morgan fingerprint density at radius 3 is 2.55 bits per heavy atom. The predicted octanol–water partition coefficient (Wildman–Crippen LogP) is 3.83. The number of pyridine rings is 3. The second-order valence-corrected chi connectivity index (χ2v) is 7.86. The molecule has 7 nitrogen and oxygen atoms in total. The van der Waals surface area contributed by atoms with E-state index in [-0.39, 0.29) is 33.4 Å². The molecule has 0 saturated heterocycles. The van der Waals surface area contributed by atoms with E-state index in [0.717, 1.165) is 12.8 Å². The molecule has 1 fully saturated rings. The third kappa shape index (κ3) is 3.85. The van der Waals surface area contributed by atoms with Crippen LogP contribution in [0.3, 0.4) is 0 Å². The maximum Gasteiger partial charge on any atom is 0.261 e. The first-order valence-corrected chi connectivity index (χ1v) is 9.99. The van der Waals surface area contributed by atoms with Crippen molar-refractivity contribution >= 4 is 45.8 Å². The summed E-state index contributed by atoms with van der Waals surface area (Å²) in [5, 5.41) is 13.2. The first-order valence-electron chi connectivity index (χ1n) is 9.24. The number of carbonyl (C=O) groups excluding carboxylic acids is 1. The third-order valence-corrected chi connectivity index (χ3v) is 5.76. The van der Waals surface area contributed by atoms with E-state index in [2.05, 4.69) is 15.3 Å². The van der Waals surface area contributed by atoms with Gasteiger partial charge < -0.3 is 15.0 Å². The van der Waals surface area contributed by atoms with E-state index < -0.39 is 11.3 Å². The Hall–Kier alpha value is -2.48. The Morgan fingerprint density at radius 1 is 1.17 bits per heavy atom. The zero-order valence-electron chi connectivity index (χ0n) is 15.3. The molecule has 2 N–H and O–H groups in total. The molecule has 9 heteroatoms. The van der Waals surface area contributed by atoms with Gasteiger partial charge in [-0.25, -0.2) is 4.98 Å². The van der Waals surface area contributed by atoms with Gasteiger partial charge in [-0.3, -0.25) is 14.6 Å². The molecule has 3 heterocycles. The van der Waals surface area contributed by atoms with Gasteiger partial charge in [0.2, 0.25) is 5.43 Å². The monoisotopic (exact) mass is 432 g/mol. The second-order valence-electron chi connectivity index (χ2n) is 7.05. The van der Waals surface area contributed by atoms with Crippen molar-refractivity contribution in [3.63, 3.8) is 0 Å². The molecule has 0 unspecified atom stereocenters. The highest BCUT2D eigenvalue weighted by Gasteiger charge is 2.25. The van der Waals surface area contributed by atoms with Crippen molar-refractivity contribution in [3.8, 4) is 0 Å². The van der Waals surface area contributed by atoms with Crippen molar-refractivity contribution < 1.29 is 9.90 Å². The molecule has 4 rings (SSSR count). The topological polar surface area (TPSA) is 97.1 Å². The van der Waals surface area contributed by atoms with Gasteiger partial charge in [0.1, 0.15) is 11.2 Å². The van der Waals surface area contributed by atoms with Gasteiger partial charge in [-0.1, -0.05) is 23.2 Å². The second kappa shape index (κ2) is 8.10. The zero-order valence-corrected chi connectivity index (χ0v) is 16.8. The maximum absolute atomic E-state index is 13.0. The summed E-state index contributed by atoms with van der Waals surface area (Å²) >= 11 is 12.2. The fourth-order valence-corrected chi connectivity index (χ4v) is 4.13. The van der Waals surface area contributed by atoms with Crippen LogP contribution in [0.5, 0.6) is 0 Å². The summed E-state index contributed by atoms with van der Waals surface area (Å²) in [7, 11) is 0. The average Bonchev–Trinajstić information content (AvgIpc) is 2.72. The van der Waals surface area contributed by atoms with Crippen molar-refractivity contribution in [1.29, 1.82) is 0 Å². The number of fused-ring (bicyclic) bond motifs is 1. The van der Waals surface area contributed by atoms with E-state index in [0.29, 0.717) is 23.9 Å². The summed E-state index contributed by atoms with van der Waals surface area (Å²) in [6, 6.07) is 3.36. The summed E-state index contributed by atoms with van der Waals surface area (Å²) in [5.41, 5.74) is 0.279. The van der Waals surface area contributed by atoms with E-state index in [1.807, 2.05) is 4.57 Å². The van der Waals surface area contributed by atoms with Crippen molar-refractivity contribution in [2.24, 2.45) is 0 Å². The SMILES string of the molecule is O=C(Nc1c(Cl)cncc1Cl)c1cn([C@H]2CC[C@H](O)CC2)c2ncccc2c1=O. The molecule has 3 aromatic heterocycles. The minimum absolute atomic E-state index is 0.0273. The van der Waals surface area contributed by atoms with Crippen molar-refractivity contribution in [2.45, 2.75) is 37.8 Å². The number of rotatable bonds is 3. The van der Waals surface area contributed by atoms with Gasteiger partial charge in [0.25, 0.3) is 5.91 Å². The molecule has 1 saturated carbocycles. The first-order chi connectivity index (χ1) is 14.0. The molecule has 29 heavy (non-hydrogen) atoms. The van der Waals surface area contributed by atoms with Gasteiger partial charge in [-0.15, -0.1) is 0 Å². The lowest BCUT2D eigenvalue weighted by atomic mass is 9.92. The zero-order chi connectivity index (χ0) is 20.5. The quantitative estimate of drug-likeness (QED) is 0.655. The van der Waals surface area contributed by atoms with Gasteiger partial charge in [-0.05, 0) is 37.8 Å². The molecule has 3 aromatic rings. The molecular formula is C20H18Cl2N4O3. The highest BCUT2D eigenvalue weighted by molar-refractivity contribution is 6.39. The summed E-state index contributed by atoms with van der Waals surface area (Å²) in [4.78, 5) is 34.2. The number of nitrogens with zero attached hydrogens (tertiary/aromatic N) is 3. The highest BCUT2D eigenvalue weighted by Crippen LogP contribution is 2.31. The van der Waals surface area contributed by atoms with Gasteiger partial charge >= 0.3 is 0 Å². The number of nitrogens with one attached hydrogen (secondary N) is 1. The molecule has 1 amide bonds. The lowest BCUT2D eigenvalue weighted by Crippen LogP contribution is -2.27. The molecule has 0 aliphatic heterocycles. The molecule has 1 aliphatic carbocycles. The van der Waals surface area contributed by atoms with Crippen LogP contribution in [0.25, 0.3) is 11.0 Å². The lowest BCUT2D eigenvalue weighted by molar-refractivity contribution is 0.102. The van der Waals surface area contributed by atoms with Crippen LogP contribution in [-0.2, 0) is 0 Å². The summed E-state index contributed by atoms with van der Waals surface area (Å²) in [6.45, 7) is 0. The van der Waals surface area contributed by atoms with E-state index in [9.17, 15) is 14.7 Å². The number of anilines is 1. The van der Waals surface area contributed by atoms with Gasteiger partial charge in [0.15, 0.2) is 0 Å². The number of carbonyl (C=O) groups is 1. The number of hydrogen-bond acceptors (Lipinski definition) is 5. The molecular weight excluding hydrogens is 415 g/mol. The van der Waals surface area contributed by atoms with E-state index in [1.54, 1.807) is 24.5 Å². The van der Waals surface area contributed by atoms with Crippen LogP contribution in [0.15, 0.2) is 41.7 Å². The van der Waals surface area contributed by atoms with Gasteiger partial charge in [0, 0.05) is 30.8 Å². The smallest absolute Gasteiger partial charge is 0.261 e. The number of aromatic nitrogens is 3. The van der Waals surface area contributed by atoms with E-state index in [4.69, 9.17) is 23.2 Å². The predicted molar refractivity (Wildman–Crippen MR) is 112 cm³/mol. The molecule has 1 aliphatic rings. The fraction of sp³-hybridized carbons (Fsp3) is 0.300. The standard InChI is InChI=1S/C20H18Cl2N4O3/c21-15-8-23-9-16(22)17(15)25-20(29)14-10-26(11-3-5-12(27)6-4-11)19-13(18(14)28)2-1-7-24-19/h1-2,7-12,27H,3-6H2,(H,23,25,29)/t11-,12-. The Bertz CT molecular complexity index is 1120. The highest BCUT2D eigenvalue weighted by atomic mass is 35.5. The Balaban J connectivity index is 1.79. The molecule has 0 atom stereocenters. The Kier molecular flexibility index (Phi) is 5.54. The largest absolute Gasteiger partial charge is 0.393 e. The summed E-state index contributed by atoms with van der Waals surface area (Å²) in [6.07, 6.45) is 8.35. The van der Waals surface area contributed by atoms with Crippen molar-refractivity contribution in [3.05, 3.63) is 62.8 Å². The molecule has 0 spiro atoms. The molecule has 0 radical (unpaired) electrons. The van der Waals surface area contributed by atoms with Crippen LogP contribution in [0, 0.1) is 0 Å². The number of hydrogen-bond donors (Lipinski definition) is 2. The van der Waals surface area contributed by atoms with Crippen LogP contribution in [0.1, 0.15) is 42.1 Å². The fourth-order valence-electron chi connectivity index (χ4n) is 3.67. The number of amides is 1. The number of aliphatic hydroxyl groups is 1. The van der Waals surface area contributed by atoms with Crippen molar-refractivity contribution in [2.75, 3.05) is 5.32 Å². The summed E-state index contributed by atoms with van der Waals surface area (Å²) < 4.78 is 1.87. The Labute approximate surface area is 176 Å². The lowest BCUT2D eigenvalue weighted by Gasteiger charge is -2.28. The van der Waals surface area contributed by atoms with Crippen LogP contribution in [0.2, 0.25) is 10.0 Å². The third-order valence-electron chi connectivity index (χ3n) is 5.18. The van der Waals surface area contributed by atoms with Crippen LogP contribution in [0.4, 0.5) is 5.69 Å². The van der Waals surface area contributed by atoms with Crippen LogP contribution in [-0.4, -0.2) is 31.7 Å². The minimum atomic E-state index is -0.611. The van der Waals surface area contributed by atoms with Gasteiger partial charge in [0.05, 0.1) is 27.2 Å². The summed E-state index contributed by atoms with van der Waals surface area (Å²) in [5.74, 6) is -0.611. The number of aliphatic hydroxyl groups excluding tert-OH is 1. The van der Waals surface area contributed by atoms with Crippen LogP contribution < -0.4 is 10.7 Å². The maximum atomic E-state index is 13.0.